The van der Waals surface area contributed by atoms with Crippen LogP contribution in [0.2, 0.25) is 5.02 Å². The summed E-state index contributed by atoms with van der Waals surface area (Å²) in [5, 5.41) is 14.2. The van der Waals surface area contributed by atoms with E-state index < -0.39 is 0 Å². The minimum Gasteiger partial charge on any atom is -0.393 e. The highest BCUT2D eigenvalue weighted by Gasteiger charge is 2.40. The van der Waals surface area contributed by atoms with Crippen molar-refractivity contribution in [3.8, 4) is 0 Å². The van der Waals surface area contributed by atoms with Crippen LogP contribution >= 0.6 is 23.8 Å². The maximum Gasteiger partial charge on any atom is 0.106 e. The van der Waals surface area contributed by atoms with E-state index >= 15 is 0 Å². The fourth-order valence-electron chi connectivity index (χ4n) is 3.74. The minimum absolute atomic E-state index is 0.0593. The van der Waals surface area contributed by atoms with Gasteiger partial charge in [-0.25, -0.2) is 0 Å². The maximum absolute atomic E-state index is 10.1. The molecule has 1 aromatic rings. The summed E-state index contributed by atoms with van der Waals surface area (Å²) in [5.41, 5.74) is 1.17. The van der Waals surface area contributed by atoms with Crippen LogP contribution in [-0.4, -0.2) is 22.7 Å². The molecule has 0 bridgehead atoms. The van der Waals surface area contributed by atoms with Gasteiger partial charge in [-0.2, -0.15) is 0 Å². The van der Waals surface area contributed by atoms with Gasteiger partial charge in [-0.1, -0.05) is 56.7 Å². The molecule has 2 nitrogen and oxygen atoms in total. The Morgan fingerprint density at radius 1 is 1.38 bits per heavy atom. The van der Waals surface area contributed by atoms with E-state index in [4.69, 9.17) is 23.8 Å². The first-order valence-corrected chi connectivity index (χ1v) is 8.20. The van der Waals surface area contributed by atoms with Crippen LogP contribution in [0.4, 0.5) is 0 Å². The molecule has 1 saturated carbocycles. The van der Waals surface area contributed by atoms with Crippen LogP contribution < -0.4 is 5.32 Å². The quantitative estimate of drug-likeness (QED) is 0.818. The van der Waals surface area contributed by atoms with Crippen molar-refractivity contribution < 1.29 is 5.11 Å². The fourth-order valence-corrected chi connectivity index (χ4v) is 4.13. The van der Waals surface area contributed by atoms with Crippen LogP contribution in [0, 0.1) is 10.8 Å². The number of benzene rings is 1. The molecule has 2 N–H and O–H groups in total. The van der Waals surface area contributed by atoms with Gasteiger partial charge in [0.25, 0.3) is 0 Å². The highest BCUT2D eigenvalue weighted by atomic mass is 35.5. The summed E-state index contributed by atoms with van der Waals surface area (Å²) in [6, 6.07) is 7.58. The molecule has 4 heteroatoms. The van der Waals surface area contributed by atoms with Gasteiger partial charge in [0.15, 0.2) is 0 Å². The average Bonchev–Trinajstić information content (AvgIpc) is 2.33. The Bertz CT molecular complexity index is 531. The van der Waals surface area contributed by atoms with Crippen molar-refractivity contribution in [2.45, 2.75) is 46.1 Å². The smallest absolute Gasteiger partial charge is 0.106 e. The molecule has 0 aliphatic heterocycles. The van der Waals surface area contributed by atoms with Crippen molar-refractivity contribution in [3.63, 3.8) is 0 Å². The van der Waals surface area contributed by atoms with Gasteiger partial charge in [0, 0.05) is 17.1 Å². The summed E-state index contributed by atoms with van der Waals surface area (Å²) in [4.78, 5) is 0.719. The second kappa shape index (κ2) is 6.23. The zero-order valence-corrected chi connectivity index (χ0v) is 14.5. The molecule has 2 rings (SSSR count). The Labute approximate surface area is 137 Å². The first kappa shape index (κ1) is 16.7. The third kappa shape index (κ3) is 4.67. The van der Waals surface area contributed by atoms with E-state index in [-0.39, 0.29) is 16.9 Å². The summed E-state index contributed by atoms with van der Waals surface area (Å²) in [7, 11) is 0. The van der Waals surface area contributed by atoms with Gasteiger partial charge in [0.2, 0.25) is 0 Å². The van der Waals surface area contributed by atoms with Crippen molar-refractivity contribution in [3.05, 3.63) is 34.9 Å². The molecular weight excluding hydrogens is 302 g/mol. The highest BCUT2D eigenvalue weighted by Crippen LogP contribution is 2.45. The number of aliphatic hydroxyl groups is 1. The molecule has 0 saturated heterocycles. The Hall–Kier alpha value is -0.640. The Morgan fingerprint density at radius 3 is 2.71 bits per heavy atom. The molecule has 1 aromatic carbocycles. The monoisotopic (exact) mass is 325 g/mol. The molecule has 0 spiro atoms. The summed E-state index contributed by atoms with van der Waals surface area (Å²) in [5.74, 6) is 0. The van der Waals surface area contributed by atoms with Gasteiger partial charge < -0.3 is 10.4 Å². The van der Waals surface area contributed by atoms with Crippen molar-refractivity contribution in [2.24, 2.45) is 10.8 Å². The van der Waals surface area contributed by atoms with E-state index in [9.17, 15) is 5.11 Å². The topological polar surface area (TPSA) is 32.3 Å². The summed E-state index contributed by atoms with van der Waals surface area (Å²) in [6.45, 7) is 7.45. The molecule has 0 heterocycles. The molecule has 116 valence electrons. The molecule has 0 radical (unpaired) electrons. The number of halogens is 1. The van der Waals surface area contributed by atoms with Crippen LogP contribution in [0.1, 0.15) is 45.6 Å². The predicted molar refractivity (Wildman–Crippen MR) is 92.9 cm³/mol. The summed E-state index contributed by atoms with van der Waals surface area (Å²) >= 11 is 11.5. The zero-order chi connectivity index (χ0) is 15.7. The fraction of sp³-hybridized carbons (Fsp3) is 0.588. The summed E-state index contributed by atoms with van der Waals surface area (Å²) < 4.78 is 0. The molecule has 21 heavy (non-hydrogen) atoms. The van der Waals surface area contributed by atoms with Gasteiger partial charge >= 0.3 is 0 Å². The minimum atomic E-state index is -0.222. The van der Waals surface area contributed by atoms with Crippen molar-refractivity contribution >= 4 is 28.8 Å². The van der Waals surface area contributed by atoms with Crippen LogP contribution in [0.15, 0.2) is 24.3 Å². The van der Waals surface area contributed by atoms with Crippen LogP contribution in [0.5, 0.6) is 0 Å². The molecule has 1 aliphatic carbocycles. The van der Waals surface area contributed by atoms with Gasteiger partial charge in [0.05, 0.1) is 6.10 Å². The summed E-state index contributed by atoms with van der Waals surface area (Å²) in [6.07, 6.45) is 2.56. The number of hydrogen-bond acceptors (Lipinski definition) is 2. The van der Waals surface area contributed by atoms with Gasteiger partial charge in [-0.05, 0) is 42.2 Å². The van der Waals surface area contributed by atoms with E-state index in [0.29, 0.717) is 5.02 Å². The predicted octanol–water partition coefficient (Wildman–Crippen LogP) is 4.18. The van der Waals surface area contributed by atoms with Gasteiger partial charge in [-0.3, -0.25) is 0 Å². The second-order valence-electron chi connectivity index (χ2n) is 7.41. The van der Waals surface area contributed by atoms with E-state index in [1.807, 2.05) is 24.3 Å². The van der Waals surface area contributed by atoms with Crippen molar-refractivity contribution in [2.75, 3.05) is 6.54 Å². The zero-order valence-electron chi connectivity index (χ0n) is 12.9. The third-order valence-corrected chi connectivity index (χ3v) is 4.80. The lowest BCUT2D eigenvalue weighted by Crippen LogP contribution is -2.45. The molecule has 1 aliphatic rings. The van der Waals surface area contributed by atoms with E-state index in [1.54, 1.807) is 0 Å². The number of nitrogens with one attached hydrogen (secondary N) is 1. The standard InChI is InChI=1S/C17H24ClNOS/c1-16(2)8-14(20)9-17(3,10-16)11-19-15(21)12-5-4-6-13(18)7-12/h4-7,14,20H,8-11H2,1-3H3,(H,19,21)/t14-,17+/m1/s1. The van der Waals surface area contributed by atoms with Crippen LogP contribution in [0.3, 0.4) is 0 Å². The third-order valence-electron chi connectivity index (χ3n) is 4.18. The lowest BCUT2D eigenvalue weighted by atomic mass is 9.63. The second-order valence-corrected chi connectivity index (χ2v) is 8.25. The Kier molecular flexibility index (Phi) is 4.96. The molecular formula is C17H24ClNOS. The first-order chi connectivity index (χ1) is 9.69. The number of thiocarbonyl (C=S) groups is 1. The van der Waals surface area contributed by atoms with E-state index in [1.165, 1.54) is 0 Å². The highest BCUT2D eigenvalue weighted by molar-refractivity contribution is 7.80. The first-order valence-electron chi connectivity index (χ1n) is 7.41. The van der Waals surface area contributed by atoms with Crippen molar-refractivity contribution in [1.82, 2.24) is 5.32 Å². The molecule has 0 unspecified atom stereocenters. The SMILES string of the molecule is CC1(C)C[C@@H](O)C[C@](C)(CNC(=S)c2cccc(Cl)c2)C1. The number of aliphatic hydroxyl groups excluding tert-OH is 1. The maximum atomic E-state index is 10.1. The largest absolute Gasteiger partial charge is 0.393 e. The molecule has 2 atom stereocenters. The van der Waals surface area contributed by atoms with E-state index in [0.717, 1.165) is 36.4 Å². The van der Waals surface area contributed by atoms with E-state index in [2.05, 4.69) is 26.1 Å². The Balaban J connectivity index is 2.00. The Morgan fingerprint density at radius 2 is 2.10 bits per heavy atom. The van der Waals surface area contributed by atoms with Crippen LogP contribution in [-0.2, 0) is 0 Å². The molecule has 1 fully saturated rings. The number of hydrogen-bond donors (Lipinski definition) is 2. The van der Waals surface area contributed by atoms with Crippen LogP contribution in [0.25, 0.3) is 0 Å². The lowest BCUT2D eigenvalue weighted by molar-refractivity contribution is -0.00679. The molecule has 0 amide bonds. The van der Waals surface area contributed by atoms with Crippen molar-refractivity contribution in [1.29, 1.82) is 0 Å². The average molecular weight is 326 g/mol. The van der Waals surface area contributed by atoms with Gasteiger partial charge in [-0.15, -0.1) is 0 Å². The normalized spacial score (nSPS) is 28.1. The lowest BCUT2D eigenvalue weighted by Gasteiger charge is -2.45. The molecule has 0 aromatic heterocycles. The number of rotatable bonds is 3. The van der Waals surface area contributed by atoms with Gasteiger partial charge in [0.1, 0.15) is 4.99 Å².